The first-order valence-electron chi connectivity index (χ1n) is 12.7. The molecule has 3 aliphatic rings. The number of nitrogens with zero attached hydrogens (tertiary/aromatic N) is 1. The fourth-order valence-corrected chi connectivity index (χ4v) is 5.59. The van der Waals surface area contributed by atoms with E-state index in [9.17, 15) is 9.59 Å². The normalized spacial score (nSPS) is 30.1. The van der Waals surface area contributed by atoms with Crippen molar-refractivity contribution >= 4 is 17.8 Å². The lowest BCUT2D eigenvalue weighted by Gasteiger charge is -2.43. The third kappa shape index (κ3) is 5.32. The molecule has 192 valence electrons. The van der Waals surface area contributed by atoms with Crippen LogP contribution in [0.15, 0.2) is 18.2 Å². The predicted molar refractivity (Wildman–Crippen MR) is 134 cm³/mol. The molecule has 0 radical (unpaired) electrons. The number of rotatable bonds is 8. The van der Waals surface area contributed by atoms with E-state index < -0.39 is 5.54 Å². The minimum atomic E-state index is -0.405. The molecule has 4 rings (SSSR count). The molecule has 3 N–H and O–H groups in total. The second-order valence-electron chi connectivity index (χ2n) is 11.4. The smallest absolute Gasteiger partial charge is 0.231 e. The highest BCUT2D eigenvalue weighted by Crippen LogP contribution is 2.47. The lowest BCUT2D eigenvalue weighted by molar-refractivity contribution is -0.133. The molecule has 1 aliphatic carbocycles. The van der Waals surface area contributed by atoms with Crippen molar-refractivity contribution < 1.29 is 19.1 Å². The van der Waals surface area contributed by atoms with Gasteiger partial charge in [-0.15, -0.1) is 0 Å². The molecular weight excluding hydrogens is 444 g/mol. The number of amides is 2. The maximum atomic E-state index is 13.4. The Bertz CT molecular complexity index is 989. The van der Waals surface area contributed by atoms with E-state index in [1.807, 2.05) is 46.8 Å². The molecule has 2 heterocycles. The summed E-state index contributed by atoms with van der Waals surface area (Å²) in [5.74, 6) is 0.729. The summed E-state index contributed by atoms with van der Waals surface area (Å²) in [6.07, 6.45) is 3.08. The van der Waals surface area contributed by atoms with Crippen LogP contribution >= 0.6 is 0 Å². The number of ether oxygens (including phenoxy) is 2. The van der Waals surface area contributed by atoms with E-state index in [2.05, 4.69) is 16.7 Å². The molecule has 1 aromatic rings. The summed E-state index contributed by atoms with van der Waals surface area (Å²) in [4.78, 5) is 28.1. The number of hydrogen-bond acceptors (Lipinski definition) is 5. The molecule has 1 saturated carbocycles. The third-order valence-corrected chi connectivity index (χ3v) is 7.81. The quantitative estimate of drug-likeness (QED) is 0.522. The average molecular weight is 485 g/mol. The maximum absolute atomic E-state index is 13.4. The Balaban J connectivity index is 1.49. The minimum absolute atomic E-state index is 0.00654. The number of guanidine groups is 1. The van der Waals surface area contributed by atoms with Crippen molar-refractivity contribution in [3.05, 3.63) is 29.3 Å². The second-order valence-corrected chi connectivity index (χ2v) is 11.4. The van der Waals surface area contributed by atoms with Gasteiger partial charge in [-0.05, 0) is 58.9 Å². The number of nitrogens with one attached hydrogen (secondary N) is 3. The number of methoxy groups -OCH3 is 1. The number of carbonyl (C=O) groups is 2. The summed E-state index contributed by atoms with van der Waals surface area (Å²) in [6.45, 7) is 10.6. The van der Waals surface area contributed by atoms with Gasteiger partial charge in [-0.25, -0.2) is 0 Å². The Morgan fingerprint density at radius 2 is 2.11 bits per heavy atom. The Hall–Kier alpha value is -2.61. The van der Waals surface area contributed by atoms with Crippen molar-refractivity contribution in [3.63, 3.8) is 0 Å². The fraction of sp³-hybridized carbons (Fsp3) is 0.667. The van der Waals surface area contributed by atoms with Gasteiger partial charge in [-0.1, -0.05) is 24.6 Å². The molecule has 1 unspecified atom stereocenters. The van der Waals surface area contributed by atoms with Crippen LogP contribution in [0.1, 0.15) is 77.0 Å². The van der Waals surface area contributed by atoms with Crippen LogP contribution in [-0.4, -0.2) is 53.6 Å². The molecule has 8 nitrogen and oxygen atoms in total. The van der Waals surface area contributed by atoms with Gasteiger partial charge in [0.2, 0.25) is 11.8 Å². The Morgan fingerprint density at radius 1 is 1.37 bits per heavy atom. The van der Waals surface area contributed by atoms with E-state index in [-0.39, 0.29) is 47.3 Å². The van der Waals surface area contributed by atoms with Gasteiger partial charge >= 0.3 is 0 Å². The van der Waals surface area contributed by atoms with Crippen LogP contribution in [0.5, 0.6) is 5.75 Å². The summed E-state index contributed by atoms with van der Waals surface area (Å²) in [7, 11) is 1.64. The zero-order chi connectivity index (χ0) is 25.5. The molecule has 0 bridgehead atoms. The van der Waals surface area contributed by atoms with E-state index in [0.29, 0.717) is 32.3 Å². The van der Waals surface area contributed by atoms with E-state index in [1.54, 1.807) is 12.0 Å². The summed E-state index contributed by atoms with van der Waals surface area (Å²) in [5.41, 5.74) is 1.36. The van der Waals surface area contributed by atoms with Gasteiger partial charge in [0, 0.05) is 43.2 Å². The van der Waals surface area contributed by atoms with Gasteiger partial charge in [0.15, 0.2) is 5.96 Å². The summed E-state index contributed by atoms with van der Waals surface area (Å²) in [5, 5.41) is 15.1. The minimum Gasteiger partial charge on any atom is -0.487 e. The number of carbonyl (C=O) groups excluding carboxylic acids is 2. The number of hydrogen-bond donors (Lipinski definition) is 3. The van der Waals surface area contributed by atoms with Gasteiger partial charge < -0.3 is 20.1 Å². The lowest BCUT2D eigenvalue weighted by atomic mass is 9.88. The molecule has 2 amide bonds. The van der Waals surface area contributed by atoms with Crippen LogP contribution in [0.3, 0.4) is 0 Å². The zero-order valence-electron chi connectivity index (χ0n) is 21.9. The van der Waals surface area contributed by atoms with Crippen LogP contribution in [0, 0.1) is 24.2 Å². The first-order valence-corrected chi connectivity index (χ1v) is 12.7. The van der Waals surface area contributed by atoms with Crippen LogP contribution in [-0.2, 0) is 14.3 Å². The second kappa shape index (κ2) is 9.45. The summed E-state index contributed by atoms with van der Waals surface area (Å²) >= 11 is 0. The molecule has 0 aromatic heterocycles. The molecule has 2 aliphatic heterocycles. The van der Waals surface area contributed by atoms with Crippen molar-refractivity contribution in [1.82, 2.24) is 15.5 Å². The highest BCUT2D eigenvalue weighted by atomic mass is 16.5. The zero-order valence-corrected chi connectivity index (χ0v) is 21.9. The fourth-order valence-electron chi connectivity index (χ4n) is 5.59. The number of fused-ring (bicyclic) bond motifs is 1. The average Bonchev–Trinajstić information content (AvgIpc) is 3.56. The molecule has 5 atom stereocenters. The van der Waals surface area contributed by atoms with E-state index in [4.69, 9.17) is 14.9 Å². The molecule has 8 heteroatoms. The molecular formula is C27H40N4O4. The highest BCUT2D eigenvalue weighted by molar-refractivity contribution is 5.99. The molecule has 2 fully saturated rings. The van der Waals surface area contributed by atoms with Gasteiger partial charge in [-0.2, -0.15) is 0 Å². The van der Waals surface area contributed by atoms with Gasteiger partial charge in [-0.3, -0.25) is 19.9 Å². The van der Waals surface area contributed by atoms with Gasteiger partial charge in [0.1, 0.15) is 11.4 Å². The third-order valence-electron chi connectivity index (χ3n) is 7.81. The summed E-state index contributed by atoms with van der Waals surface area (Å²) < 4.78 is 11.5. The largest absolute Gasteiger partial charge is 0.487 e. The summed E-state index contributed by atoms with van der Waals surface area (Å²) in [6, 6.07) is 5.74. The Kier molecular flexibility index (Phi) is 6.88. The van der Waals surface area contributed by atoms with Crippen molar-refractivity contribution in [2.75, 3.05) is 13.7 Å². The Morgan fingerprint density at radius 3 is 2.77 bits per heavy atom. The van der Waals surface area contributed by atoms with Gasteiger partial charge in [0.25, 0.3) is 0 Å². The topological polar surface area (TPSA) is 104 Å². The van der Waals surface area contributed by atoms with Crippen molar-refractivity contribution in [2.45, 2.75) is 89.9 Å². The molecule has 1 aromatic carbocycles. The predicted octanol–water partition coefficient (Wildman–Crippen LogP) is 3.68. The van der Waals surface area contributed by atoms with Gasteiger partial charge in [0.05, 0.1) is 12.5 Å². The number of benzene rings is 1. The van der Waals surface area contributed by atoms with Crippen LogP contribution in [0.4, 0.5) is 0 Å². The monoisotopic (exact) mass is 484 g/mol. The van der Waals surface area contributed by atoms with Crippen LogP contribution < -0.4 is 15.4 Å². The van der Waals surface area contributed by atoms with E-state index >= 15 is 0 Å². The standard InChI is InChI=1S/C27H40N4O4/c1-7-27(5)15-23(32)31(25(28)30-27)21(10-11-34-6)17-13-18(17)24(33)29-20-14-26(3,4)35-22-9-8-16(2)12-19(20)22/h8-9,12,17-18,20-21H,7,10-11,13-15H2,1-6H3,(H2,28,30)(H,29,33)/t17?,18-,20+,21-,27-/m1/s1. The van der Waals surface area contributed by atoms with Crippen molar-refractivity contribution in [1.29, 1.82) is 5.41 Å². The molecule has 1 saturated heterocycles. The van der Waals surface area contributed by atoms with Crippen molar-refractivity contribution in [2.24, 2.45) is 11.8 Å². The first-order chi connectivity index (χ1) is 16.5. The molecule has 35 heavy (non-hydrogen) atoms. The van der Waals surface area contributed by atoms with E-state index in [0.717, 1.165) is 23.3 Å². The van der Waals surface area contributed by atoms with E-state index in [1.165, 1.54) is 0 Å². The van der Waals surface area contributed by atoms with Crippen molar-refractivity contribution in [3.8, 4) is 5.75 Å². The maximum Gasteiger partial charge on any atom is 0.231 e. The Labute approximate surface area is 208 Å². The van der Waals surface area contributed by atoms with Crippen LogP contribution in [0.25, 0.3) is 0 Å². The highest BCUT2D eigenvalue weighted by Gasteiger charge is 2.53. The SMILES string of the molecule is CC[C@]1(C)CC(=O)N([C@H](CCOC)C2C[C@H]2C(=O)N[C@H]2CC(C)(C)Oc3ccc(C)cc32)C(=N)N1. The first kappa shape index (κ1) is 25.5. The molecule has 0 spiro atoms. The number of aryl methyl sites for hydroxylation is 1. The van der Waals surface area contributed by atoms with Crippen LogP contribution in [0.2, 0.25) is 0 Å². The lowest BCUT2D eigenvalue weighted by Crippen LogP contribution is -2.63.